The van der Waals surface area contributed by atoms with Crippen molar-refractivity contribution in [1.29, 1.82) is 0 Å². The molecule has 2 nitrogen and oxygen atoms in total. The van der Waals surface area contributed by atoms with Crippen molar-refractivity contribution >= 4 is 5.69 Å². The second-order valence-corrected chi connectivity index (χ2v) is 4.31. The van der Waals surface area contributed by atoms with E-state index in [9.17, 15) is 0 Å². The van der Waals surface area contributed by atoms with Gasteiger partial charge in [0.25, 0.3) is 0 Å². The monoisotopic (exact) mass is 190 g/mol. The molecule has 14 heavy (non-hydrogen) atoms. The van der Waals surface area contributed by atoms with Crippen LogP contribution in [0.1, 0.15) is 36.8 Å². The molecule has 0 saturated heterocycles. The van der Waals surface area contributed by atoms with Gasteiger partial charge in [0.15, 0.2) is 0 Å². The van der Waals surface area contributed by atoms with Crippen LogP contribution in [0.15, 0.2) is 18.2 Å². The van der Waals surface area contributed by atoms with Crippen LogP contribution >= 0.6 is 0 Å². The number of benzene rings is 1. The summed E-state index contributed by atoms with van der Waals surface area (Å²) in [6.45, 7) is 6.18. The van der Waals surface area contributed by atoms with Gasteiger partial charge < -0.3 is 11.1 Å². The van der Waals surface area contributed by atoms with Crippen molar-refractivity contribution in [2.45, 2.75) is 25.7 Å². The zero-order valence-corrected chi connectivity index (χ0v) is 8.88. The number of hydrogen-bond donors (Lipinski definition) is 2. The Morgan fingerprint density at radius 1 is 1.50 bits per heavy atom. The third-order valence-corrected chi connectivity index (χ3v) is 3.01. The Morgan fingerprint density at radius 2 is 2.29 bits per heavy atom. The van der Waals surface area contributed by atoms with E-state index in [1.54, 1.807) is 0 Å². The lowest BCUT2D eigenvalue weighted by Gasteiger charge is -2.10. The Bertz CT molecular complexity index is 331. The Labute approximate surface area is 85.5 Å². The predicted molar refractivity (Wildman–Crippen MR) is 60.8 cm³/mol. The van der Waals surface area contributed by atoms with E-state index in [-0.39, 0.29) is 0 Å². The number of nitrogens with two attached hydrogens (primary N) is 1. The summed E-state index contributed by atoms with van der Waals surface area (Å²) in [5.41, 5.74) is 9.81. The molecule has 0 aromatic heterocycles. The fourth-order valence-electron chi connectivity index (χ4n) is 1.99. The summed E-state index contributed by atoms with van der Waals surface area (Å²) in [7, 11) is 0. The minimum absolute atomic E-state index is 0.503. The van der Waals surface area contributed by atoms with Crippen LogP contribution in [0.5, 0.6) is 0 Å². The first-order valence-corrected chi connectivity index (χ1v) is 5.30. The summed E-state index contributed by atoms with van der Waals surface area (Å²) in [6.07, 6.45) is 0. The molecule has 1 atom stereocenters. The maximum atomic E-state index is 5.73. The van der Waals surface area contributed by atoms with Gasteiger partial charge in [-0.05, 0) is 23.1 Å². The van der Waals surface area contributed by atoms with Crippen molar-refractivity contribution in [3.8, 4) is 0 Å². The Hall–Kier alpha value is -1.02. The van der Waals surface area contributed by atoms with E-state index >= 15 is 0 Å². The normalized spacial score (nSPS) is 19.6. The molecule has 1 aliphatic heterocycles. The number of nitrogens with one attached hydrogen (secondary N) is 1. The molecule has 0 aliphatic carbocycles. The summed E-state index contributed by atoms with van der Waals surface area (Å²) in [6, 6.07) is 6.69. The molecule has 0 spiro atoms. The summed E-state index contributed by atoms with van der Waals surface area (Å²) in [4.78, 5) is 0. The first-order chi connectivity index (χ1) is 6.72. The van der Waals surface area contributed by atoms with Crippen LogP contribution in [0.4, 0.5) is 5.69 Å². The molecule has 1 aromatic carbocycles. The van der Waals surface area contributed by atoms with Crippen molar-refractivity contribution in [2.24, 2.45) is 5.73 Å². The smallest absolute Gasteiger partial charge is 0.0377 e. The largest absolute Gasteiger partial charge is 0.384 e. The van der Waals surface area contributed by atoms with Crippen LogP contribution in [0.25, 0.3) is 0 Å². The number of fused-ring (bicyclic) bond motifs is 1. The molecule has 2 rings (SSSR count). The molecule has 0 bridgehead atoms. The van der Waals surface area contributed by atoms with Gasteiger partial charge in [-0.2, -0.15) is 0 Å². The van der Waals surface area contributed by atoms with E-state index in [4.69, 9.17) is 5.73 Å². The first-order valence-electron chi connectivity index (χ1n) is 5.30. The zero-order valence-electron chi connectivity index (χ0n) is 8.88. The molecule has 0 fully saturated rings. The fourth-order valence-corrected chi connectivity index (χ4v) is 1.99. The van der Waals surface area contributed by atoms with Crippen molar-refractivity contribution in [2.75, 3.05) is 18.4 Å². The molecule has 1 unspecified atom stereocenters. The van der Waals surface area contributed by atoms with E-state index < -0.39 is 0 Å². The Kier molecular flexibility index (Phi) is 2.46. The molecule has 3 N–H and O–H groups in total. The highest BCUT2D eigenvalue weighted by molar-refractivity contribution is 5.59. The van der Waals surface area contributed by atoms with Crippen LogP contribution in [-0.4, -0.2) is 13.1 Å². The van der Waals surface area contributed by atoms with E-state index in [1.165, 1.54) is 16.8 Å². The highest BCUT2D eigenvalue weighted by Crippen LogP contribution is 2.33. The van der Waals surface area contributed by atoms with Crippen molar-refractivity contribution < 1.29 is 0 Å². The molecule has 1 heterocycles. The maximum absolute atomic E-state index is 5.73. The number of hydrogen-bond acceptors (Lipinski definition) is 2. The van der Waals surface area contributed by atoms with Crippen LogP contribution in [-0.2, 0) is 0 Å². The van der Waals surface area contributed by atoms with E-state index in [1.807, 2.05) is 0 Å². The molecule has 0 amide bonds. The molecule has 76 valence electrons. The summed E-state index contributed by atoms with van der Waals surface area (Å²) < 4.78 is 0. The lowest BCUT2D eigenvalue weighted by Crippen LogP contribution is -2.13. The first kappa shape index (κ1) is 9.53. The van der Waals surface area contributed by atoms with Gasteiger partial charge in [0.1, 0.15) is 0 Å². The topological polar surface area (TPSA) is 38.0 Å². The van der Waals surface area contributed by atoms with Crippen molar-refractivity contribution in [3.05, 3.63) is 29.3 Å². The van der Waals surface area contributed by atoms with Crippen LogP contribution < -0.4 is 11.1 Å². The fraction of sp³-hybridized carbons (Fsp3) is 0.500. The quantitative estimate of drug-likeness (QED) is 0.750. The second kappa shape index (κ2) is 3.62. The minimum Gasteiger partial charge on any atom is -0.384 e. The molecular formula is C12H18N2. The van der Waals surface area contributed by atoms with Crippen LogP contribution in [0.2, 0.25) is 0 Å². The Morgan fingerprint density at radius 3 is 2.93 bits per heavy atom. The van der Waals surface area contributed by atoms with Crippen molar-refractivity contribution in [1.82, 2.24) is 0 Å². The molecule has 0 saturated carbocycles. The van der Waals surface area contributed by atoms with Crippen molar-refractivity contribution in [3.63, 3.8) is 0 Å². The van der Waals surface area contributed by atoms with E-state index in [0.29, 0.717) is 11.8 Å². The molecule has 1 aromatic rings. The van der Waals surface area contributed by atoms with Gasteiger partial charge in [0, 0.05) is 24.7 Å². The van der Waals surface area contributed by atoms with E-state index in [0.717, 1.165) is 13.1 Å². The van der Waals surface area contributed by atoms with Crippen LogP contribution in [0.3, 0.4) is 0 Å². The third-order valence-electron chi connectivity index (χ3n) is 3.01. The maximum Gasteiger partial charge on any atom is 0.0377 e. The lowest BCUT2D eigenvalue weighted by molar-refractivity contribution is 0.762. The minimum atomic E-state index is 0.503. The van der Waals surface area contributed by atoms with Gasteiger partial charge in [-0.1, -0.05) is 26.0 Å². The van der Waals surface area contributed by atoms with Gasteiger partial charge in [-0.15, -0.1) is 0 Å². The second-order valence-electron chi connectivity index (χ2n) is 4.31. The molecule has 2 heteroatoms. The summed E-state index contributed by atoms with van der Waals surface area (Å²) in [5.74, 6) is 1.10. The molecule has 0 radical (unpaired) electrons. The lowest BCUT2D eigenvalue weighted by atomic mass is 9.95. The highest BCUT2D eigenvalue weighted by Gasteiger charge is 2.21. The number of anilines is 1. The average molecular weight is 190 g/mol. The average Bonchev–Trinajstić information content (AvgIpc) is 2.59. The SMILES string of the molecule is CC(C)c1ccc2c(c1)C(CN)CN2. The van der Waals surface area contributed by atoms with Gasteiger partial charge in [0.05, 0.1) is 0 Å². The van der Waals surface area contributed by atoms with Gasteiger partial charge >= 0.3 is 0 Å². The predicted octanol–water partition coefficient (Wildman–Crippen LogP) is 2.28. The molecular weight excluding hydrogens is 172 g/mol. The van der Waals surface area contributed by atoms with Gasteiger partial charge in [0.2, 0.25) is 0 Å². The number of rotatable bonds is 2. The summed E-state index contributed by atoms with van der Waals surface area (Å²) in [5, 5.41) is 3.39. The highest BCUT2D eigenvalue weighted by atomic mass is 14.9. The molecule has 1 aliphatic rings. The van der Waals surface area contributed by atoms with Gasteiger partial charge in [-0.3, -0.25) is 0 Å². The third kappa shape index (κ3) is 1.50. The Balaban J connectivity index is 2.37. The van der Waals surface area contributed by atoms with Crippen LogP contribution in [0, 0.1) is 0 Å². The van der Waals surface area contributed by atoms with E-state index in [2.05, 4.69) is 37.4 Å². The zero-order chi connectivity index (χ0) is 10.1. The van der Waals surface area contributed by atoms with Gasteiger partial charge in [-0.25, -0.2) is 0 Å². The summed E-state index contributed by atoms with van der Waals surface area (Å²) >= 11 is 0. The standard InChI is InChI=1S/C12H18N2/c1-8(2)9-3-4-12-11(5-9)10(6-13)7-14-12/h3-5,8,10,14H,6-7,13H2,1-2H3.